The molecule has 1 aliphatic heterocycles. The Bertz CT molecular complexity index is 109. The van der Waals surface area contributed by atoms with E-state index in [9.17, 15) is 5.11 Å². The minimum atomic E-state index is -0.709. The summed E-state index contributed by atoms with van der Waals surface area (Å²) in [6.45, 7) is 0.373. The molecule has 10 heavy (non-hydrogen) atoms. The van der Waals surface area contributed by atoms with Crippen molar-refractivity contribution in [3.8, 4) is 0 Å². The van der Waals surface area contributed by atoms with E-state index in [1.807, 2.05) is 0 Å². The van der Waals surface area contributed by atoms with E-state index in [1.54, 1.807) is 0 Å². The Balaban J connectivity index is 2.42. The fourth-order valence-electron chi connectivity index (χ4n) is 1.06. The Hall–Kier alpha value is -0.160. The number of hydrogen-bond donors (Lipinski definition) is 3. The molecule has 0 aliphatic carbocycles. The number of aliphatic hydroxyl groups is 2. The highest BCUT2D eigenvalue weighted by Crippen LogP contribution is 2.11. The number of ether oxygens (including phenoxy) is 1. The van der Waals surface area contributed by atoms with Crippen LogP contribution in [0.15, 0.2) is 0 Å². The first-order chi connectivity index (χ1) is 4.75. The van der Waals surface area contributed by atoms with Crippen LogP contribution in [0.4, 0.5) is 0 Å². The average molecular weight is 147 g/mol. The summed E-state index contributed by atoms with van der Waals surface area (Å²) in [7, 11) is 0. The second-order valence-electron chi connectivity index (χ2n) is 2.53. The largest absolute Gasteiger partial charge is 0.394 e. The smallest absolute Gasteiger partial charge is 0.108 e. The number of nitrogens with two attached hydrogens (primary N) is 1. The standard InChI is InChI=1S/C6H13NO3/c7-4-1-2-10-5(3-8)6(4)9/h4-6,8-9H,1-3,7H2/t4?,5?,6-/m0/s1. The number of aliphatic hydroxyl groups excluding tert-OH is 2. The topological polar surface area (TPSA) is 75.7 Å². The molecule has 0 saturated carbocycles. The van der Waals surface area contributed by atoms with Gasteiger partial charge in [-0.2, -0.15) is 0 Å². The zero-order valence-electron chi connectivity index (χ0n) is 5.73. The van der Waals surface area contributed by atoms with Crippen molar-refractivity contribution in [3.63, 3.8) is 0 Å². The molecule has 1 fully saturated rings. The maximum atomic E-state index is 9.23. The average Bonchev–Trinajstić information content (AvgIpc) is 1.95. The highest BCUT2D eigenvalue weighted by Gasteiger charge is 2.29. The van der Waals surface area contributed by atoms with Crippen molar-refractivity contribution in [3.05, 3.63) is 0 Å². The summed E-state index contributed by atoms with van der Waals surface area (Å²) in [4.78, 5) is 0. The lowest BCUT2D eigenvalue weighted by molar-refractivity contribution is -0.103. The molecule has 3 atom stereocenters. The van der Waals surface area contributed by atoms with Gasteiger partial charge >= 0.3 is 0 Å². The summed E-state index contributed by atoms with van der Waals surface area (Å²) >= 11 is 0. The SMILES string of the molecule is NC1CCOC(CO)[C@H]1O. The van der Waals surface area contributed by atoms with E-state index in [1.165, 1.54) is 0 Å². The minimum absolute atomic E-state index is 0.158. The van der Waals surface area contributed by atoms with Crippen LogP contribution in [0.5, 0.6) is 0 Å². The fraction of sp³-hybridized carbons (Fsp3) is 1.00. The maximum Gasteiger partial charge on any atom is 0.108 e. The van der Waals surface area contributed by atoms with Crippen molar-refractivity contribution in [1.29, 1.82) is 0 Å². The predicted molar refractivity (Wildman–Crippen MR) is 35.4 cm³/mol. The Morgan fingerprint density at radius 3 is 2.80 bits per heavy atom. The molecule has 0 aromatic rings. The second kappa shape index (κ2) is 3.30. The second-order valence-corrected chi connectivity index (χ2v) is 2.53. The molecule has 4 N–H and O–H groups in total. The van der Waals surface area contributed by atoms with Crippen LogP contribution >= 0.6 is 0 Å². The zero-order chi connectivity index (χ0) is 7.56. The van der Waals surface area contributed by atoms with Crippen molar-refractivity contribution < 1.29 is 14.9 Å². The van der Waals surface area contributed by atoms with Gasteiger partial charge in [-0.1, -0.05) is 0 Å². The quantitative estimate of drug-likeness (QED) is 0.420. The number of hydrogen-bond acceptors (Lipinski definition) is 4. The molecule has 1 rings (SSSR count). The van der Waals surface area contributed by atoms with Crippen LogP contribution in [0.1, 0.15) is 6.42 Å². The van der Waals surface area contributed by atoms with Crippen molar-refractivity contribution in [2.24, 2.45) is 5.73 Å². The van der Waals surface area contributed by atoms with E-state index in [0.29, 0.717) is 13.0 Å². The molecule has 0 spiro atoms. The van der Waals surface area contributed by atoms with Gasteiger partial charge in [0.15, 0.2) is 0 Å². The Morgan fingerprint density at radius 2 is 2.30 bits per heavy atom. The van der Waals surface area contributed by atoms with Crippen molar-refractivity contribution >= 4 is 0 Å². The Labute approximate surface area is 59.6 Å². The summed E-state index contributed by atoms with van der Waals surface area (Å²) < 4.78 is 5.03. The summed E-state index contributed by atoms with van der Waals surface area (Å²) in [5.41, 5.74) is 5.50. The Morgan fingerprint density at radius 1 is 1.60 bits per heavy atom. The van der Waals surface area contributed by atoms with Gasteiger partial charge in [-0.15, -0.1) is 0 Å². The lowest BCUT2D eigenvalue weighted by Crippen LogP contribution is -2.50. The van der Waals surface area contributed by atoms with Crippen LogP contribution in [-0.4, -0.2) is 41.7 Å². The van der Waals surface area contributed by atoms with Gasteiger partial charge < -0.3 is 20.7 Å². The molecule has 0 radical (unpaired) electrons. The molecule has 4 heteroatoms. The van der Waals surface area contributed by atoms with Crippen LogP contribution in [-0.2, 0) is 4.74 Å². The van der Waals surface area contributed by atoms with E-state index in [0.717, 1.165) is 0 Å². The van der Waals surface area contributed by atoms with Crippen molar-refractivity contribution in [1.82, 2.24) is 0 Å². The van der Waals surface area contributed by atoms with E-state index in [2.05, 4.69) is 0 Å². The summed E-state index contributed by atoms with van der Waals surface area (Å²) in [5.74, 6) is 0. The first kappa shape index (κ1) is 7.94. The third-order valence-electron chi connectivity index (χ3n) is 1.78. The van der Waals surface area contributed by atoms with Crippen LogP contribution < -0.4 is 5.73 Å². The van der Waals surface area contributed by atoms with Gasteiger partial charge in [0.05, 0.1) is 12.7 Å². The molecule has 0 aromatic carbocycles. The van der Waals surface area contributed by atoms with E-state index in [4.69, 9.17) is 15.6 Å². The van der Waals surface area contributed by atoms with Gasteiger partial charge in [0.25, 0.3) is 0 Å². The van der Waals surface area contributed by atoms with Gasteiger partial charge in [0.1, 0.15) is 6.10 Å². The summed E-state index contributed by atoms with van der Waals surface area (Å²) in [6.07, 6.45) is -0.528. The normalized spacial score (nSPS) is 41.7. The van der Waals surface area contributed by atoms with E-state index in [-0.39, 0.29) is 12.6 Å². The van der Waals surface area contributed by atoms with E-state index >= 15 is 0 Å². The molecular weight excluding hydrogens is 134 g/mol. The van der Waals surface area contributed by atoms with Crippen molar-refractivity contribution in [2.45, 2.75) is 24.7 Å². The third-order valence-corrected chi connectivity index (χ3v) is 1.78. The van der Waals surface area contributed by atoms with Gasteiger partial charge in [-0.05, 0) is 6.42 Å². The van der Waals surface area contributed by atoms with Gasteiger partial charge in [-0.3, -0.25) is 0 Å². The number of rotatable bonds is 1. The predicted octanol–water partition coefficient (Wildman–Crippen LogP) is -1.54. The van der Waals surface area contributed by atoms with Crippen LogP contribution in [0.3, 0.4) is 0 Å². The van der Waals surface area contributed by atoms with Crippen molar-refractivity contribution in [2.75, 3.05) is 13.2 Å². The van der Waals surface area contributed by atoms with Gasteiger partial charge in [0, 0.05) is 12.6 Å². The highest BCUT2D eigenvalue weighted by atomic mass is 16.5. The van der Waals surface area contributed by atoms with E-state index < -0.39 is 12.2 Å². The summed E-state index contributed by atoms with van der Waals surface area (Å²) in [5, 5.41) is 17.9. The molecule has 2 unspecified atom stereocenters. The lowest BCUT2D eigenvalue weighted by Gasteiger charge is -2.31. The lowest BCUT2D eigenvalue weighted by atomic mass is 10.0. The first-order valence-electron chi connectivity index (χ1n) is 3.42. The van der Waals surface area contributed by atoms with Gasteiger partial charge in [-0.25, -0.2) is 0 Å². The molecule has 0 amide bonds. The molecule has 4 nitrogen and oxygen atoms in total. The Kier molecular flexibility index (Phi) is 2.62. The minimum Gasteiger partial charge on any atom is -0.394 e. The molecule has 0 aromatic heterocycles. The molecule has 60 valence electrons. The van der Waals surface area contributed by atoms with Crippen LogP contribution in [0, 0.1) is 0 Å². The summed E-state index contributed by atoms with van der Waals surface area (Å²) in [6, 6.07) is -0.245. The fourth-order valence-corrected chi connectivity index (χ4v) is 1.06. The van der Waals surface area contributed by atoms with Gasteiger partial charge in [0.2, 0.25) is 0 Å². The van der Waals surface area contributed by atoms with Crippen LogP contribution in [0.25, 0.3) is 0 Å². The first-order valence-corrected chi connectivity index (χ1v) is 3.42. The molecule has 1 aliphatic rings. The molecular formula is C6H13NO3. The molecule has 1 saturated heterocycles. The zero-order valence-corrected chi connectivity index (χ0v) is 5.73. The molecule has 0 bridgehead atoms. The highest BCUT2D eigenvalue weighted by molar-refractivity contribution is 4.82. The van der Waals surface area contributed by atoms with Crippen LogP contribution in [0.2, 0.25) is 0 Å². The molecule has 1 heterocycles. The third kappa shape index (κ3) is 1.46. The monoisotopic (exact) mass is 147 g/mol. The maximum absolute atomic E-state index is 9.23.